The summed E-state index contributed by atoms with van der Waals surface area (Å²) >= 11 is 0. The fourth-order valence-corrected chi connectivity index (χ4v) is 2.23. The summed E-state index contributed by atoms with van der Waals surface area (Å²) in [4.78, 5) is 4.59. The standard InChI is InChI=1S/C18H17N3O/c1-3-11-22-15-9-6-8-14(12-15)17-19-18(21-20-17)16-10-5-4-7-13(16)2/h3-10,12H,1,11H2,2H3,(H,19,20,21). The molecule has 0 saturated heterocycles. The summed E-state index contributed by atoms with van der Waals surface area (Å²) in [5, 5.41) is 7.32. The van der Waals surface area contributed by atoms with Gasteiger partial charge in [0, 0.05) is 11.1 Å². The van der Waals surface area contributed by atoms with E-state index in [1.807, 2.05) is 42.5 Å². The molecule has 0 aliphatic rings. The topological polar surface area (TPSA) is 50.8 Å². The van der Waals surface area contributed by atoms with Crippen LogP contribution in [0.5, 0.6) is 5.75 Å². The van der Waals surface area contributed by atoms with Gasteiger partial charge in [-0.1, -0.05) is 49.1 Å². The molecule has 0 aliphatic carbocycles. The third-order valence-corrected chi connectivity index (χ3v) is 3.35. The Morgan fingerprint density at radius 1 is 1.18 bits per heavy atom. The molecule has 0 unspecified atom stereocenters. The van der Waals surface area contributed by atoms with Crippen molar-refractivity contribution in [3.8, 4) is 28.5 Å². The second kappa shape index (κ2) is 6.26. The largest absolute Gasteiger partial charge is 0.490 e. The summed E-state index contributed by atoms with van der Waals surface area (Å²) < 4.78 is 5.54. The minimum atomic E-state index is 0.478. The molecule has 3 aromatic rings. The molecule has 4 heteroatoms. The molecular weight excluding hydrogens is 274 g/mol. The molecule has 0 atom stereocenters. The van der Waals surface area contributed by atoms with Crippen molar-refractivity contribution in [1.29, 1.82) is 0 Å². The Morgan fingerprint density at radius 3 is 2.86 bits per heavy atom. The summed E-state index contributed by atoms with van der Waals surface area (Å²) in [5.41, 5.74) is 3.13. The van der Waals surface area contributed by atoms with Crippen molar-refractivity contribution in [1.82, 2.24) is 15.2 Å². The van der Waals surface area contributed by atoms with Gasteiger partial charge in [0.05, 0.1) is 0 Å². The minimum absolute atomic E-state index is 0.478. The highest BCUT2D eigenvalue weighted by Crippen LogP contribution is 2.24. The predicted molar refractivity (Wildman–Crippen MR) is 87.7 cm³/mol. The van der Waals surface area contributed by atoms with Crippen LogP contribution in [0.15, 0.2) is 61.2 Å². The van der Waals surface area contributed by atoms with Crippen molar-refractivity contribution < 1.29 is 4.74 Å². The molecule has 22 heavy (non-hydrogen) atoms. The van der Waals surface area contributed by atoms with E-state index in [0.717, 1.165) is 28.3 Å². The molecule has 4 nitrogen and oxygen atoms in total. The van der Waals surface area contributed by atoms with Crippen LogP contribution < -0.4 is 4.74 Å². The molecule has 0 fully saturated rings. The van der Waals surface area contributed by atoms with E-state index in [4.69, 9.17) is 4.74 Å². The number of benzene rings is 2. The molecule has 0 spiro atoms. The smallest absolute Gasteiger partial charge is 0.181 e. The first kappa shape index (κ1) is 14.1. The first-order chi connectivity index (χ1) is 10.8. The lowest BCUT2D eigenvalue weighted by Crippen LogP contribution is -1.92. The van der Waals surface area contributed by atoms with Crippen LogP contribution in [0.3, 0.4) is 0 Å². The lowest BCUT2D eigenvalue weighted by molar-refractivity contribution is 0.363. The van der Waals surface area contributed by atoms with Crippen molar-refractivity contribution >= 4 is 0 Å². The first-order valence-electron chi connectivity index (χ1n) is 7.10. The van der Waals surface area contributed by atoms with E-state index in [0.29, 0.717) is 12.4 Å². The van der Waals surface area contributed by atoms with E-state index in [-0.39, 0.29) is 0 Å². The Balaban J connectivity index is 1.91. The van der Waals surface area contributed by atoms with Crippen molar-refractivity contribution in [2.45, 2.75) is 6.92 Å². The number of H-pyrrole nitrogens is 1. The quantitative estimate of drug-likeness (QED) is 0.722. The number of nitrogens with one attached hydrogen (secondary N) is 1. The number of nitrogens with zero attached hydrogens (tertiary/aromatic N) is 2. The van der Waals surface area contributed by atoms with Gasteiger partial charge in [0.2, 0.25) is 0 Å². The molecule has 1 N–H and O–H groups in total. The van der Waals surface area contributed by atoms with E-state index in [2.05, 4.69) is 34.8 Å². The molecule has 0 aliphatic heterocycles. The molecule has 3 rings (SSSR count). The lowest BCUT2D eigenvalue weighted by Gasteiger charge is -2.03. The van der Waals surface area contributed by atoms with Gasteiger partial charge in [0.25, 0.3) is 0 Å². The van der Waals surface area contributed by atoms with Crippen LogP contribution >= 0.6 is 0 Å². The number of aromatic amines is 1. The van der Waals surface area contributed by atoms with Gasteiger partial charge in [0.15, 0.2) is 11.6 Å². The number of hydrogen-bond donors (Lipinski definition) is 1. The number of aryl methyl sites for hydroxylation is 1. The molecule has 0 radical (unpaired) electrons. The van der Waals surface area contributed by atoms with E-state index in [1.165, 1.54) is 0 Å². The Morgan fingerprint density at radius 2 is 2.05 bits per heavy atom. The Bertz CT molecular complexity index is 792. The highest BCUT2D eigenvalue weighted by Gasteiger charge is 2.10. The Labute approximate surface area is 129 Å². The SMILES string of the molecule is C=CCOc1cccc(-c2n[nH]c(-c3ccccc3C)n2)c1. The number of aromatic nitrogens is 3. The van der Waals surface area contributed by atoms with E-state index in [1.54, 1.807) is 6.08 Å². The van der Waals surface area contributed by atoms with Crippen molar-refractivity contribution in [3.63, 3.8) is 0 Å². The maximum Gasteiger partial charge on any atom is 0.181 e. The molecular formula is C18H17N3O. The summed E-state index contributed by atoms with van der Waals surface area (Å²) in [7, 11) is 0. The highest BCUT2D eigenvalue weighted by atomic mass is 16.5. The molecule has 1 aromatic heterocycles. The van der Waals surface area contributed by atoms with Crippen molar-refractivity contribution in [2.24, 2.45) is 0 Å². The van der Waals surface area contributed by atoms with Crippen molar-refractivity contribution in [2.75, 3.05) is 6.61 Å². The molecule has 1 heterocycles. The van der Waals surface area contributed by atoms with Gasteiger partial charge in [-0.15, -0.1) is 0 Å². The zero-order valence-corrected chi connectivity index (χ0v) is 12.4. The van der Waals surface area contributed by atoms with Gasteiger partial charge in [-0.25, -0.2) is 4.98 Å². The number of hydrogen-bond acceptors (Lipinski definition) is 3. The first-order valence-corrected chi connectivity index (χ1v) is 7.10. The Kier molecular flexibility index (Phi) is 4.01. The van der Waals surface area contributed by atoms with Gasteiger partial charge in [-0.2, -0.15) is 5.10 Å². The predicted octanol–water partition coefficient (Wildman–Crippen LogP) is 4.01. The third kappa shape index (κ3) is 2.91. The third-order valence-electron chi connectivity index (χ3n) is 3.35. The van der Waals surface area contributed by atoms with Crippen molar-refractivity contribution in [3.05, 3.63) is 66.7 Å². The van der Waals surface area contributed by atoms with Crippen LogP contribution in [0.2, 0.25) is 0 Å². The fourth-order valence-electron chi connectivity index (χ4n) is 2.23. The fraction of sp³-hybridized carbons (Fsp3) is 0.111. The molecule has 110 valence electrons. The minimum Gasteiger partial charge on any atom is -0.490 e. The summed E-state index contributed by atoms with van der Waals surface area (Å²) in [5.74, 6) is 2.20. The van der Waals surface area contributed by atoms with Crippen LogP contribution in [-0.4, -0.2) is 21.8 Å². The highest BCUT2D eigenvalue weighted by molar-refractivity contribution is 5.64. The van der Waals surface area contributed by atoms with E-state index >= 15 is 0 Å². The van der Waals surface area contributed by atoms with Gasteiger partial charge in [-0.05, 0) is 24.6 Å². The summed E-state index contributed by atoms with van der Waals surface area (Å²) in [6.07, 6.45) is 1.72. The maximum absolute atomic E-state index is 5.54. The van der Waals surface area contributed by atoms with Gasteiger partial charge < -0.3 is 4.74 Å². The Hall–Kier alpha value is -2.88. The number of rotatable bonds is 5. The monoisotopic (exact) mass is 291 g/mol. The number of ether oxygens (including phenoxy) is 1. The molecule has 0 saturated carbocycles. The summed E-state index contributed by atoms with van der Waals surface area (Å²) in [6.45, 7) is 6.18. The van der Waals surface area contributed by atoms with Crippen LogP contribution in [0.4, 0.5) is 0 Å². The van der Waals surface area contributed by atoms with E-state index in [9.17, 15) is 0 Å². The average molecular weight is 291 g/mol. The van der Waals surface area contributed by atoms with E-state index < -0.39 is 0 Å². The maximum atomic E-state index is 5.54. The summed E-state index contributed by atoms with van der Waals surface area (Å²) in [6, 6.07) is 15.8. The van der Waals surface area contributed by atoms with Crippen LogP contribution in [0.25, 0.3) is 22.8 Å². The van der Waals surface area contributed by atoms with Gasteiger partial charge in [-0.3, -0.25) is 5.10 Å². The van der Waals surface area contributed by atoms with Crippen LogP contribution in [-0.2, 0) is 0 Å². The molecule has 0 amide bonds. The lowest BCUT2D eigenvalue weighted by atomic mass is 10.1. The normalized spacial score (nSPS) is 10.4. The zero-order chi connectivity index (χ0) is 15.4. The van der Waals surface area contributed by atoms with Gasteiger partial charge in [0.1, 0.15) is 12.4 Å². The second-order valence-corrected chi connectivity index (χ2v) is 4.95. The molecule has 2 aromatic carbocycles. The van der Waals surface area contributed by atoms with Crippen LogP contribution in [0.1, 0.15) is 5.56 Å². The molecule has 0 bridgehead atoms. The zero-order valence-electron chi connectivity index (χ0n) is 12.4. The second-order valence-electron chi connectivity index (χ2n) is 4.95. The van der Waals surface area contributed by atoms with Gasteiger partial charge >= 0.3 is 0 Å². The van der Waals surface area contributed by atoms with Crippen LogP contribution in [0, 0.1) is 6.92 Å². The average Bonchev–Trinajstić information content (AvgIpc) is 3.03.